The Labute approximate surface area is 161 Å². The molecule has 0 spiro atoms. The zero-order valence-electron chi connectivity index (χ0n) is 14.0. The number of rotatable bonds is 5. The molecule has 0 saturated carbocycles. The summed E-state index contributed by atoms with van der Waals surface area (Å²) in [6.07, 6.45) is 2.41. The van der Waals surface area contributed by atoms with E-state index in [1.807, 2.05) is 30.3 Å². The van der Waals surface area contributed by atoms with Gasteiger partial charge < -0.3 is 15.4 Å². The fourth-order valence-electron chi connectivity index (χ4n) is 2.99. The molecule has 1 unspecified atom stereocenters. The quantitative estimate of drug-likeness (QED) is 0.623. The van der Waals surface area contributed by atoms with Gasteiger partial charge in [0, 0.05) is 23.6 Å². The van der Waals surface area contributed by atoms with Gasteiger partial charge in [-0.1, -0.05) is 35.3 Å². The molecular weight excluding hydrogens is 371 g/mol. The number of anilines is 3. The summed E-state index contributed by atoms with van der Waals surface area (Å²) < 4.78 is 5.69. The van der Waals surface area contributed by atoms with Crippen molar-refractivity contribution in [2.24, 2.45) is 0 Å². The third kappa shape index (κ3) is 3.85. The second-order valence-corrected chi connectivity index (χ2v) is 7.02. The van der Waals surface area contributed by atoms with Crippen molar-refractivity contribution in [2.75, 3.05) is 23.8 Å². The van der Waals surface area contributed by atoms with Gasteiger partial charge in [-0.25, -0.2) is 4.98 Å². The number of hydrogen-bond donors (Lipinski definition) is 2. The Morgan fingerprint density at radius 3 is 2.81 bits per heavy atom. The lowest BCUT2D eigenvalue weighted by molar-refractivity contribution is 0.120. The van der Waals surface area contributed by atoms with Gasteiger partial charge in [0.15, 0.2) is 0 Å². The molecule has 0 aliphatic carbocycles. The van der Waals surface area contributed by atoms with Crippen LogP contribution in [0.15, 0.2) is 42.5 Å². The van der Waals surface area contributed by atoms with Crippen molar-refractivity contribution in [3.8, 4) is 0 Å². The number of aromatic nitrogens is 2. The van der Waals surface area contributed by atoms with Crippen LogP contribution < -0.4 is 10.6 Å². The molecule has 0 bridgehead atoms. The Bertz CT molecular complexity index is 929. The lowest BCUT2D eigenvalue weighted by Crippen LogP contribution is -2.19. The van der Waals surface area contributed by atoms with Crippen molar-refractivity contribution in [3.05, 3.63) is 52.5 Å². The normalized spacial score (nSPS) is 16.8. The molecule has 26 heavy (non-hydrogen) atoms. The fraction of sp³-hybridized carbons (Fsp3) is 0.263. The Kier molecular flexibility index (Phi) is 5.11. The molecule has 2 heterocycles. The summed E-state index contributed by atoms with van der Waals surface area (Å²) in [4.78, 5) is 9.23. The van der Waals surface area contributed by atoms with Crippen LogP contribution in [0.4, 0.5) is 17.5 Å². The van der Waals surface area contributed by atoms with E-state index in [2.05, 4.69) is 20.6 Å². The largest absolute Gasteiger partial charge is 0.376 e. The minimum Gasteiger partial charge on any atom is -0.376 e. The Balaban J connectivity index is 1.64. The molecule has 1 aromatic heterocycles. The average Bonchev–Trinajstić information content (AvgIpc) is 3.16. The minimum atomic E-state index is 0.228. The third-order valence-electron chi connectivity index (χ3n) is 4.30. The molecule has 3 aromatic rings. The lowest BCUT2D eigenvalue weighted by Gasteiger charge is -2.15. The highest BCUT2D eigenvalue weighted by atomic mass is 35.5. The highest BCUT2D eigenvalue weighted by Gasteiger charge is 2.16. The molecule has 1 aliphatic heterocycles. The number of nitrogens with zero attached hydrogens (tertiary/aromatic N) is 2. The van der Waals surface area contributed by atoms with Crippen LogP contribution in [0.25, 0.3) is 10.9 Å². The monoisotopic (exact) mass is 388 g/mol. The number of fused-ring (bicyclic) bond motifs is 1. The van der Waals surface area contributed by atoms with Crippen molar-refractivity contribution < 1.29 is 4.74 Å². The number of benzene rings is 2. The maximum Gasteiger partial charge on any atom is 0.229 e. The highest BCUT2D eigenvalue weighted by Crippen LogP contribution is 2.29. The number of hydrogen-bond acceptors (Lipinski definition) is 5. The molecular formula is C19H18Cl2N4O. The first-order valence-electron chi connectivity index (χ1n) is 8.53. The molecule has 2 aromatic carbocycles. The first kappa shape index (κ1) is 17.3. The minimum absolute atomic E-state index is 0.228. The van der Waals surface area contributed by atoms with E-state index in [-0.39, 0.29) is 6.10 Å². The molecule has 1 atom stereocenters. The fourth-order valence-corrected chi connectivity index (χ4v) is 3.45. The molecule has 5 nitrogen and oxygen atoms in total. The first-order valence-corrected chi connectivity index (χ1v) is 9.29. The van der Waals surface area contributed by atoms with Gasteiger partial charge in [-0.3, -0.25) is 0 Å². The van der Waals surface area contributed by atoms with Crippen LogP contribution in [0.3, 0.4) is 0 Å². The maximum atomic E-state index is 6.25. The highest BCUT2D eigenvalue weighted by molar-refractivity contribution is 6.36. The molecule has 0 radical (unpaired) electrons. The standard InChI is InChI=1S/C19H18Cl2N4O/c20-12-7-8-17(15(21)10-12)24-19-23-16-6-2-1-5-14(16)18(25-19)22-11-13-4-3-9-26-13/h1-2,5-8,10,13H,3-4,9,11H2,(H2,22,23,24,25). The first-order chi connectivity index (χ1) is 12.7. The van der Waals surface area contributed by atoms with Crippen molar-refractivity contribution in [3.63, 3.8) is 0 Å². The third-order valence-corrected chi connectivity index (χ3v) is 4.85. The van der Waals surface area contributed by atoms with E-state index in [1.54, 1.807) is 12.1 Å². The van der Waals surface area contributed by atoms with Crippen LogP contribution in [-0.4, -0.2) is 29.2 Å². The van der Waals surface area contributed by atoms with E-state index >= 15 is 0 Å². The summed E-state index contributed by atoms with van der Waals surface area (Å²) in [7, 11) is 0. The van der Waals surface area contributed by atoms with Gasteiger partial charge >= 0.3 is 0 Å². The van der Waals surface area contributed by atoms with Gasteiger partial charge in [-0.15, -0.1) is 0 Å². The zero-order valence-corrected chi connectivity index (χ0v) is 15.5. The molecule has 7 heteroatoms. The average molecular weight is 389 g/mol. The molecule has 1 fully saturated rings. The van der Waals surface area contributed by atoms with E-state index in [0.717, 1.165) is 42.7 Å². The van der Waals surface area contributed by atoms with Gasteiger partial charge in [0.1, 0.15) is 5.82 Å². The lowest BCUT2D eigenvalue weighted by atomic mass is 10.2. The zero-order chi connectivity index (χ0) is 17.9. The number of halogens is 2. The van der Waals surface area contributed by atoms with Gasteiger partial charge in [-0.05, 0) is 43.2 Å². The topological polar surface area (TPSA) is 59.1 Å². The van der Waals surface area contributed by atoms with E-state index in [0.29, 0.717) is 21.7 Å². The second-order valence-electron chi connectivity index (χ2n) is 6.18. The van der Waals surface area contributed by atoms with E-state index < -0.39 is 0 Å². The molecule has 4 rings (SSSR count). The smallest absolute Gasteiger partial charge is 0.229 e. The summed E-state index contributed by atoms with van der Waals surface area (Å²) in [5.41, 5.74) is 1.56. The van der Waals surface area contributed by atoms with Crippen LogP contribution in [0.1, 0.15) is 12.8 Å². The van der Waals surface area contributed by atoms with Crippen LogP contribution in [0.2, 0.25) is 10.0 Å². The van der Waals surface area contributed by atoms with Crippen LogP contribution in [-0.2, 0) is 4.74 Å². The van der Waals surface area contributed by atoms with E-state index in [4.69, 9.17) is 27.9 Å². The Morgan fingerprint density at radius 2 is 2.00 bits per heavy atom. The summed E-state index contributed by atoms with van der Waals surface area (Å²) in [5.74, 6) is 1.25. The number of para-hydroxylation sites is 1. The second kappa shape index (κ2) is 7.66. The maximum absolute atomic E-state index is 6.25. The van der Waals surface area contributed by atoms with Crippen LogP contribution in [0.5, 0.6) is 0 Å². The Morgan fingerprint density at radius 1 is 1.12 bits per heavy atom. The predicted octanol–water partition coefficient (Wildman–Crippen LogP) is 5.27. The predicted molar refractivity (Wildman–Crippen MR) is 107 cm³/mol. The van der Waals surface area contributed by atoms with Gasteiger partial charge in [0.25, 0.3) is 0 Å². The molecule has 134 valence electrons. The summed E-state index contributed by atoms with van der Waals surface area (Å²) in [5, 5.41) is 8.65. The molecule has 1 saturated heterocycles. The van der Waals surface area contributed by atoms with Gasteiger partial charge in [0.05, 0.1) is 22.3 Å². The summed E-state index contributed by atoms with van der Waals surface area (Å²) in [6, 6.07) is 13.2. The molecule has 0 amide bonds. The van der Waals surface area contributed by atoms with Crippen molar-refractivity contribution in [2.45, 2.75) is 18.9 Å². The van der Waals surface area contributed by atoms with Crippen LogP contribution >= 0.6 is 23.2 Å². The SMILES string of the molecule is Clc1ccc(Nc2nc(NCC3CCCO3)c3ccccc3n2)c(Cl)c1. The summed E-state index contributed by atoms with van der Waals surface area (Å²) >= 11 is 12.2. The van der Waals surface area contributed by atoms with Gasteiger partial charge in [-0.2, -0.15) is 4.98 Å². The summed E-state index contributed by atoms with van der Waals surface area (Å²) in [6.45, 7) is 1.56. The van der Waals surface area contributed by atoms with E-state index in [9.17, 15) is 0 Å². The van der Waals surface area contributed by atoms with Crippen molar-refractivity contribution in [1.82, 2.24) is 9.97 Å². The Hall–Kier alpha value is -2.08. The van der Waals surface area contributed by atoms with E-state index in [1.165, 1.54) is 0 Å². The van der Waals surface area contributed by atoms with Crippen molar-refractivity contribution >= 4 is 51.6 Å². The van der Waals surface area contributed by atoms with Crippen molar-refractivity contribution in [1.29, 1.82) is 0 Å². The molecule has 2 N–H and O–H groups in total. The number of ether oxygens (including phenoxy) is 1. The molecule has 1 aliphatic rings. The number of nitrogens with one attached hydrogen (secondary N) is 2. The van der Waals surface area contributed by atoms with Crippen LogP contribution in [0, 0.1) is 0 Å². The van der Waals surface area contributed by atoms with Gasteiger partial charge in [0.2, 0.25) is 5.95 Å².